The highest BCUT2D eigenvalue weighted by Gasteiger charge is 2.24. The molecule has 1 heterocycles. The van der Waals surface area contributed by atoms with Crippen molar-refractivity contribution in [2.24, 2.45) is 0 Å². The monoisotopic (exact) mass is 304 g/mol. The van der Waals surface area contributed by atoms with Gasteiger partial charge in [0, 0.05) is 6.42 Å². The normalized spacial score (nSPS) is 25.0. The molecule has 1 aliphatic rings. The van der Waals surface area contributed by atoms with Gasteiger partial charge in [-0.25, -0.2) is 0 Å². The van der Waals surface area contributed by atoms with E-state index in [1.54, 1.807) is 4.90 Å². The third kappa shape index (κ3) is 5.15. The molecule has 1 aromatic rings. The highest BCUT2D eigenvalue weighted by Crippen LogP contribution is 2.21. The van der Waals surface area contributed by atoms with Crippen LogP contribution in [0.15, 0.2) is 30.9 Å². The molecule has 1 aliphatic heterocycles. The van der Waals surface area contributed by atoms with Crippen molar-refractivity contribution in [1.29, 1.82) is 0 Å². The third-order valence-electron chi connectivity index (χ3n) is 4.13. The molecule has 0 spiro atoms. The van der Waals surface area contributed by atoms with Gasteiger partial charge in [-0.3, -0.25) is 0 Å². The Labute approximate surface area is 134 Å². The van der Waals surface area contributed by atoms with Gasteiger partial charge >= 0.3 is 0 Å². The van der Waals surface area contributed by atoms with Crippen molar-refractivity contribution in [3.63, 3.8) is 0 Å². The molecular weight excluding hydrogens is 274 g/mol. The molecule has 3 nitrogen and oxygen atoms in total. The van der Waals surface area contributed by atoms with Gasteiger partial charge in [0.05, 0.1) is 13.2 Å². The molecule has 2 atom stereocenters. The van der Waals surface area contributed by atoms with Gasteiger partial charge < -0.3 is 14.4 Å². The lowest BCUT2D eigenvalue weighted by Gasteiger charge is -2.32. The van der Waals surface area contributed by atoms with Crippen LogP contribution in [-0.2, 0) is 11.2 Å². The molecule has 2 rings (SSSR count). The largest absolute Gasteiger partial charge is 0.493 e. The molecule has 1 aromatic carbocycles. The number of rotatable bonds is 7. The number of hydrogen-bond acceptors (Lipinski definition) is 2. The Balaban J connectivity index is 1.78. The molecule has 0 bridgehead atoms. The van der Waals surface area contributed by atoms with Crippen LogP contribution in [-0.4, -0.2) is 38.4 Å². The Hall–Kier alpha value is -1.32. The van der Waals surface area contributed by atoms with E-state index in [-0.39, 0.29) is 0 Å². The van der Waals surface area contributed by atoms with Crippen LogP contribution in [0.1, 0.15) is 31.4 Å². The first-order chi connectivity index (χ1) is 10.6. The zero-order chi connectivity index (χ0) is 15.9. The summed E-state index contributed by atoms with van der Waals surface area (Å²) in [6.07, 6.45) is 4.62. The van der Waals surface area contributed by atoms with Crippen molar-refractivity contribution < 1.29 is 14.4 Å². The summed E-state index contributed by atoms with van der Waals surface area (Å²) in [5, 5.41) is 0. The highest BCUT2D eigenvalue weighted by atomic mass is 16.5. The van der Waals surface area contributed by atoms with Gasteiger partial charge in [0.25, 0.3) is 0 Å². The second kappa shape index (κ2) is 8.35. The maximum absolute atomic E-state index is 6.00. The first-order valence-corrected chi connectivity index (χ1v) is 8.40. The van der Waals surface area contributed by atoms with Crippen LogP contribution >= 0.6 is 0 Å². The molecule has 0 unspecified atom stereocenters. The smallest absolute Gasteiger partial charge is 0.122 e. The minimum atomic E-state index is 0.371. The highest BCUT2D eigenvalue weighted by molar-refractivity contribution is 5.38. The Morgan fingerprint density at radius 2 is 2.05 bits per heavy atom. The van der Waals surface area contributed by atoms with E-state index in [2.05, 4.69) is 45.5 Å². The van der Waals surface area contributed by atoms with Gasteiger partial charge in [-0.15, -0.1) is 6.58 Å². The average molecular weight is 304 g/mol. The van der Waals surface area contributed by atoms with Gasteiger partial charge in [-0.1, -0.05) is 23.8 Å². The van der Waals surface area contributed by atoms with Crippen molar-refractivity contribution in [3.8, 4) is 5.75 Å². The van der Waals surface area contributed by atoms with Crippen molar-refractivity contribution in [3.05, 3.63) is 42.0 Å². The van der Waals surface area contributed by atoms with Gasteiger partial charge in [0.2, 0.25) is 0 Å². The lowest BCUT2D eigenvalue weighted by molar-refractivity contribution is -0.915. The number of nitrogens with one attached hydrogen (secondary N) is 1. The van der Waals surface area contributed by atoms with Gasteiger partial charge in [-0.2, -0.15) is 0 Å². The first kappa shape index (κ1) is 17.0. The maximum Gasteiger partial charge on any atom is 0.122 e. The summed E-state index contributed by atoms with van der Waals surface area (Å²) in [6, 6.07) is 6.38. The lowest BCUT2D eigenvalue weighted by atomic mass is 10.1. The quantitative estimate of drug-likeness (QED) is 0.616. The standard InChI is InChI=1S/C19H29NO2/c1-5-7-18-12-15(2)8-9-19(18)21-11-6-10-20-13-16(3)22-17(4)14-20/h5,8-9,12,16-17H,1,6-7,10-11,13-14H2,2-4H3/p+1/t16-,17-/m0/s1. The number of aryl methyl sites for hydroxylation is 1. The first-order valence-electron chi connectivity index (χ1n) is 8.40. The SMILES string of the molecule is C=CCc1cc(C)ccc1OCCC[NH+]1C[C@H](C)O[C@@H](C)C1. The van der Waals surface area contributed by atoms with Gasteiger partial charge in [-0.05, 0) is 38.8 Å². The fourth-order valence-corrected chi connectivity index (χ4v) is 3.26. The molecule has 0 aliphatic carbocycles. The Morgan fingerprint density at radius 3 is 2.73 bits per heavy atom. The maximum atomic E-state index is 6.00. The summed E-state index contributed by atoms with van der Waals surface area (Å²) in [4.78, 5) is 1.63. The van der Waals surface area contributed by atoms with Gasteiger partial charge in [0.15, 0.2) is 0 Å². The van der Waals surface area contributed by atoms with Crippen molar-refractivity contribution >= 4 is 0 Å². The minimum Gasteiger partial charge on any atom is -0.493 e. The van der Waals surface area contributed by atoms with E-state index in [0.717, 1.165) is 44.8 Å². The van der Waals surface area contributed by atoms with Crippen LogP contribution in [0.2, 0.25) is 0 Å². The number of allylic oxidation sites excluding steroid dienone is 1. The second-order valence-electron chi connectivity index (χ2n) is 6.47. The number of quaternary nitrogens is 1. The minimum absolute atomic E-state index is 0.371. The fraction of sp³-hybridized carbons (Fsp3) is 0.579. The molecule has 22 heavy (non-hydrogen) atoms. The summed E-state index contributed by atoms with van der Waals surface area (Å²) < 4.78 is 11.8. The summed E-state index contributed by atoms with van der Waals surface area (Å²) in [7, 11) is 0. The predicted octanol–water partition coefficient (Wildman–Crippen LogP) is 2.18. The molecule has 122 valence electrons. The number of morpholine rings is 1. The molecule has 0 saturated carbocycles. The topological polar surface area (TPSA) is 22.9 Å². The van der Waals surface area contributed by atoms with Crippen LogP contribution in [0.5, 0.6) is 5.75 Å². The van der Waals surface area contributed by atoms with Crippen LogP contribution < -0.4 is 9.64 Å². The molecule has 1 fully saturated rings. The molecule has 1 N–H and O–H groups in total. The summed E-state index contributed by atoms with van der Waals surface area (Å²) in [6.45, 7) is 14.4. The summed E-state index contributed by atoms with van der Waals surface area (Å²) in [5.74, 6) is 1.00. The van der Waals surface area contributed by atoms with E-state index < -0.39 is 0 Å². The van der Waals surface area contributed by atoms with E-state index in [0.29, 0.717) is 12.2 Å². The van der Waals surface area contributed by atoms with Crippen LogP contribution in [0.4, 0.5) is 0 Å². The van der Waals surface area contributed by atoms with E-state index in [9.17, 15) is 0 Å². The second-order valence-corrected chi connectivity index (χ2v) is 6.47. The number of hydrogen-bond donors (Lipinski definition) is 1. The van der Waals surface area contributed by atoms with E-state index in [1.807, 2.05) is 6.08 Å². The molecular formula is C19H30NO2+. The molecule has 0 radical (unpaired) electrons. The number of benzene rings is 1. The molecule has 0 amide bonds. The molecule has 3 heteroatoms. The predicted molar refractivity (Wildman–Crippen MR) is 90.8 cm³/mol. The van der Waals surface area contributed by atoms with E-state index >= 15 is 0 Å². The van der Waals surface area contributed by atoms with Crippen molar-refractivity contribution in [2.45, 2.75) is 45.8 Å². The third-order valence-corrected chi connectivity index (χ3v) is 4.13. The Bertz CT molecular complexity index is 476. The Morgan fingerprint density at radius 1 is 1.32 bits per heavy atom. The van der Waals surface area contributed by atoms with Gasteiger partial charge in [0.1, 0.15) is 31.0 Å². The van der Waals surface area contributed by atoms with Crippen molar-refractivity contribution in [2.75, 3.05) is 26.2 Å². The van der Waals surface area contributed by atoms with E-state index in [1.165, 1.54) is 11.1 Å². The molecule has 1 saturated heterocycles. The fourth-order valence-electron chi connectivity index (χ4n) is 3.26. The van der Waals surface area contributed by atoms with Crippen molar-refractivity contribution in [1.82, 2.24) is 0 Å². The van der Waals surface area contributed by atoms with Crippen LogP contribution in [0.25, 0.3) is 0 Å². The lowest BCUT2D eigenvalue weighted by Crippen LogP contribution is -3.15. The summed E-state index contributed by atoms with van der Waals surface area (Å²) >= 11 is 0. The van der Waals surface area contributed by atoms with E-state index in [4.69, 9.17) is 9.47 Å². The molecule has 0 aromatic heterocycles. The average Bonchev–Trinajstić information content (AvgIpc) is 2.45. The summed E-state index contributed by atoms with van der Waals surface area (Å²) in [5.41, 5.74) is 2.50. The Kier molecular flexibility index (Phi) is 6.47. The van der Waals surface area contributed by atoms with Crippen LogP contribution in [0, 0.1) is 6.92 Å². The van der Waals surface area contributed by atoms with Crippen LogP contribution in [0.3, 0.4) is 0 Å². The zero-order valence-electron chi connectivity index (χ0n) is 14.2. The zero-order valence-corrected chi connectivity index (χ0v) is 14.2. The number of ether oxygens (including phenoxy) is 2.